The molecule has 1 amide bonds. The third kappa shape index (κ3) is 4.32. The molecular weight excluding hydrogens is 216 g/mol. The predicted molar refractivity (Wildman–Crippen MR) is 70.7 cm³/mol. The van der Waals surface area contributed by atoms with E-state index in [-0.39, 0.29) is 11.9 Å². The van der Waals surface area contributed by atoms with Gasteiger partial charge in [-0.3, -0.25) is 4.79 Å². The Kier molecular flexibility index (Phi) is 4.34. The minimum atomic E-state index is -0.154. The van der Waals surface area contributed by atoms with Gasteiger partial charge in [0.05, 0.1) is 0 Å². The van der Waals surface area contributed by atoms with Gasteiger partial charge in [0.1, 0.15) is 0 Å². The molecule has 0 radical (unpaired) electrons. The molecule has 0 spiro atoms. The number of nitrogen functional groups attached to an aromatic ring is 2. The molecule has 0 aliphatic rings. The third-order valence-electron chi connectivity index (χ3n) is 2.26. The van der Waals surface area contributed by atoms with Crippen molar-refractivity contribution in [1.29, 1.82) is 0 Å². The van der Waals surface area contributed by atoms with Crippen LogP contribution >= 0.6 is 0 Å². The summed E-state index contributed by atoms with van der Waals surface area (Å²) in [4.78, 5) is 13.9. The highest BCUT2D eigenvalue weighted by Gasteiger charge is 2.11. The molecule has 17 heavy (non-hydrogen) atoms. The zero-order chi connectivity index (χ0) is 13.0. The van der Waals surface area contributed by atoms with Gasteiger partial charge in [-0.25, -0.2) is 0 Å². The predicted octanol–water partition coefficient (Wildman–Crippen LogP) is 0.531. The molecule has 1 unspecified atom stereocenters. The molecule has 0 fully saturated rings. The van der Waals surface area contributed by atoms with Crippen LogP contribution in [0.25, 0.3) is 0 Å². The molecule has 0 heterocycles. The first-order valence-electron chi connectivity index (χ1n) is 5.50. The topological polar surface area (TPSA) is 84.4 Å². The standard InChI is InChI=1S/C12H20N4O/c1-8(7-16(2)3)15-12(17)9-4-10(13)6-11(14)5-9/h4-6,8H,7,13-14H2,1-3H3,(H,15,17). The van der Waals surface area contributed by atoms with E-state index in [1.54, 1.807) is 18.2 Å². The number of carbonyl (C=O) groups excluding carboxylic acids is 1. The fraction of sp³-hybridized carbons (Fsp3) is 0.417. The van der Waals surface area contributed by atoms with Gasteiger partial charge < -0.3 is 21.7 Å². The van der Waals surface area contributed by atoms with Crippen LogP contribution in [0.3, 0.4) is 0 Å². The first kappa shape index (κ1) is 13.3. The summed E-state index contributed by atoms with van der Waals surface area (Å²) in [6.45, 7) is 2.73. The first-order valence-corrected chi connectivity index (χ1v) is 5.50. The number of likely N-dealkylation sites (N-methyl/N-ethyl adjacent to an activating group) is 1. The number of amides is 1. The summed E-state index contributed by atoms with van der Waals surface area (Å²) in [6.07, 6.45) is 0. The number of carbonyl (C=O) groups is 1. The number of hydrogen-bond acceptors (Lipinski definition) is 4. The number of nitrogens with two attached hydrogens (primary N) is 2. The van der Waals surface area contributed by atoms with Crippen LogP contribution < -0.4 is 16.8 Å². The molecule has 0 saturated carbocycles. The summed E-state index contributed by atoms with van der Waals surface area (Å²) < 4.78 is 0. The van der Waals surface area contributed by atoms with Gasteiger partial charge in [-0.1, -0.05) is 0 Å². The largest absolute Gasteiger partial charge is 0.399 e. The molecule has 0 aromatic heterocycles. The minimum absolute atomic E-state index is 0.0696. The van der Waals surface area contributed by atoms with Crippen molar-refractivity contribution in [2.24, 2.45) is 0 Å². The number of anilines is 2. The highest BCUT2D eigenvalue weighted by atomic mass is 16.1. The average Bonchev–Trinajstić information content (AvgIpc) is 2.14. The number of nitrogens with zero attached hydrogens (tertiary/aromatic N) is 1. The summed E-state index contributed by atoms with van der Waals surface area (Å²) >= 11 is 0. The fourth-order valence-electron chi connectivity index (χ4n) is 1.71. The maximum atomic E-state index is 11.9. The van der Waals surface area contributed by atoms with Crippen LogP contribution in [0.4, 0.5) is 11.4 Å². The van der Waals surface area contributed by atoms with Gasteiger partial charge in [0.15, 0.2) is 0 Å². The van der Waals surface area contributed by atoms with Crippen LogP contribution in [0.5, 0.6) is 0 Å². The molecule has 5 N–H and O–H groups in total. The molecule has 1 rings (SSSR count). The van der Waals surface area contributed by atoms with Crippen molar-refractivity contribution in [2.45, 2.75) is 13.0 Å². The summed E-state index contributed by atoms with van der Waals surface area (Å²) in [7, 11) is 3.92. The van der Waals surface area contributed by atoms with E-state index in [2.05, 4.69) is 5.32 Å². The molecule has 1 aromatic rings. The fourth-order valence-corrected chi connectivity index (χ4v) is 1.71. The zero-order valence-electron chi connectivity index (χ0n) is 10.5. The number of rotatable bonds is 4. The minimum Gasteiger partial charge on any atom is -0.399 e. The van der Waals surface area contributed by atoms with E-state index in [1.807, 2.05) is 25.9 Å². The van der Waals surface area contributed by atoms with Crippen molar-refractivity contribution in [3.63, 3.8) is 0 Å². The van der Waals surface area contributed by atoms with Crippen molar-refractivity contribution in [3.05, 3.63) is 23.8 Å². The Hall–Kier alpha value is -1.75. The third-order valence-corrected chi connectivity index (χ3v) is 2.26. The molecule has 5 nitrogen and oxygen atoms in total. The van der Waals surface area contributed by atoms with E-state index in [1.165, 1.54) is 0 Å². The van der Waals surface area contributed by atoms with Gasteiger partial charge in [0, 0.05) is 29.5 Å². The van der Waals surface area contributed by atoms with Crippen LogP contribution in [-0.2, 0) is 0 Å². The Morgan fingerprint density at radius 2 is 1.82 bits per heavy atom. The normalized spacial score (nSPS) is 12.5. The average molecular weight is 236 g/mol. The zero-order valence-corrected chi connectivity index (χ0v) is 10.5. The van der Waals surface area contributed by atoms with Crippen LogP contribution in [-0.4, -0.2) is 37.5 Å². The summed E-state index contributed by atoms with van der Waals surface area (Å²) in [5.74, 6) is -0.154. The number of benzene rings is 1. The molecule has 0 bridgehead atoms. The van der Waals surface area contributed by atoms with Crippen molar-refractivity contribution in [1.82, 2.24) is 10.2 Å². The number of nitrogens with one attached hydrogen (secondary N) is 1. The van der Waals surface area contributed by atoms with E-state index in [4.69, 9.17) is 11.5 Å². The van der Waals surface area contributed by atoms with Crippen molar-refractivity contribution >= 4 is 17.3 Å². The Labute approximate surface area is 102 Å². The second-order valence-electron chi connectivity index (χ2n) is 4.53. The molecule has 0 saturated heterocycles. The summed E-state index contributed by atoms with van der Waals surface area (Å²) in [5, 5.41) is 2.89. The van der Waals surface area contributed by atoms with Gasteiger partial charge in [0.2, 0.25) is 0 Å². The van der Waals surface area contributed by atoms with Crippen LogP contribution in [0.15, 0.2) is 18.2 Å². The summed E-state index contributed by atoms with van der Waals surface area (Å²) in [6, 6.07) is 4.93. The van der Waals surface area contributed by atoms with Crippen LogP contribution in [0, 0.1) is 0 Å². The van der Waals surface area contributed by atoms with Gasteiger partial charge >= 0.3 is 0 Å². The van der Waals surface area contributed by atoms with E-state index in [0.717, 1.165) is 6.54 Å². The maximum absolute atomic E-state index is 11.9. The molecule has 1 atom stereocenters. The lowest BCUT2D eigenvalue weighted by atomic mass is 10.1. The highest BCUT2D eigenvalue weighted by molar-refractivity contribution is 5.96. The molecule has 0 aliphatic carbocycles. The molecule has 1 aromatic carbocycles. The second kappa shape index (κ2) is 5.54. The lowest BCUT2D eigenvalue weighted by Gasteiger charge is -2.18. The van der Waals surface area contributed by atoms with E-state index in [9.17, 15) is 4.79 Å². The van der Waals surface area contributed by atoms with Crippen molar-refractivity contribution < 1.29 is 4.79 Å². The SMILES string of the molecule is CC(CN(C)C)NC(=O)c1cc(N)cc(N)c1. The Morgan fingerprint density at radius 1 is 1.29 bits per heavy atom. The lowest BCUT2D eigenvalue weighted by Crippen LogP contribution is -2.39. The number of hydrogen-bond donors (Lipinski definition) is 3. The van der Waals surface area contributed by atoms with Gasteiger partial charge in [-0.05, 0) is 39.2 Å². The molecular formula is C12H20N4O. The van der Waals surface area contributed by atoms with Crippen molar-refractivity contribution in [2.75, 3.05) is 32.1 Å². The van der Waals surface area contributed by atoms with E-state index in [0.29, 0.717) is 16.9 Å². The molecule has 0 aliphatic heterocycles. The van der Waals surface area contributed by atoms with Crippen LogP contribution in [0.2, 0.25) is 0 Å². The Bertz CT molecular complexity index is 383. The lowest BCUT2D eigenvalue weighted by molar-refractivity contribution is 0.0934. The second-order valence-corrected chi connectivity index (χ2v) is 4.53. The first-order chi connectivity index (χ1) is 7.88. The molecule has 5 heteroatoms. The van der Waals surface area contributed by atoms with Crippen molar-refractivity contribution in [3.8, 4) is 0 Å². The smallest absolute Gasteiger partial charge is 0.251 e. The van der Waals surface area contributed by atoms with Gasteiger partial charge in [-0.15, -0.1) is 0 Å². The van der Waals surface area contributed by atoms with E-state index >= 15 is 0 Å². The van der Waals surface area contributed by atoms with Gasteiger partial charge in [-0.2, -0.15) is 0 Å². The van der Waals surface area contributed by atoms with Crippen LogP contribution in [0.1, 0.15) is 17.3 Å². The Balaban J connectivity index is 2.69. The van der Waals surface area contributed by atoms with E-state index < -0.39 is 0 Å². The highest BCUT2D eigenvalue weighted by Crippen LogP contribution is 2.13. The quantitative estimate of drug-likeness (QED) is 0.666. The maximum Gasteiger partial charge on any atom is 0.251 e. The molecule has 94 valence electrons. The monoisotopic (exact) mass is 236 g/mol. The summed E-state index contributed by atoms with van der Waals surface area (Å²) in [5.41, 5.74) is 12.8. The Morgan fingerprint density at radius 3 is 2.29 bits per heavy atom. The van der Waals surface area contributed by atoms with Gasteiger partial charge in [0.25, 0.3) is 5.91 Å².